The van der Waals surface area contributed by atoms with E-state index in [4.69, 9.17) is 0 Å². The third kappa shape index (κ3) is 3.90. The molecule has 0 saturated heterocycles. The van der Waals surface area contributed by atoms with Crippen LogP contribution < -0.4 is 5.32 Å². The van der Waals surface area contributed by atoms with Crippen LogP contribution in [0, 0.1) is 18.6 Å². The Labute approximate surface area is 136 Å². The number of hydrogen-bond acceptors (Lipinski definition) is 2. The Bertz CT molecular complexity index is 612. The zero-order valence-corrected chi connectivity index (χ0v) is 14.5. The zero-order valence-electron chi connectivity index (χ0n) is 12.1. The SMILES string of the molecule is CCCNC(Cc1sccc1Br)c1c(F)ccc(C)c1F. The summed E-state index contributed by atoms with van der Waals surface area (Å²) in [6.07, 6.45) is 1.48. The van der Waals surface area contributed by atoms with Gasteiger partial charge in [0.1, 0.15) is 11.6 Å². The van der Waals surface area contributed by atoms with Crippen LogP contribution in [0.2, 0.25) is 0 Å². The maximum Gasteiger partial charge on any atom is 0.133 e. The Morgan fingerprint density at radius 3 is 2.67 bits per heavy atom. The summed E-state index contributed by atoms with van der Waals surface area (Å²) in [7, 11) is 0. The number of nitrogens with one attached hydrogen (secondary N) is 1. The van der Waals surface area contributed by atoms with Gasteiger partial charge in [0.2, 0.25) is 0 Å². The minimum Gasteiger partial charge on any atom is -0.309 e. The molecule has 2 rings (SSSR count). The fourth-order valence-electron chi connectivity index (χ4n) is 2.25. The second kappa shape index (κ2) is 7.47. The molecule has 1 N–H and O–H groups in total. The van der Waals surface area contributed by atoms with E-state index in [0.717, 1.165) is 22.3 Å². The molecule has 1 aromatic carbocycles. The van der Waals surface area contributed by atoms with Crippen LogP contribution in [-0.2, 0) is 6.42 Å². The van der Waals surface area contributed by atoms with Crippen molar-refractivity contribution >= 4 is 27.3 Å². The second-order valence-corrected chi connectivity index (χ2v) is 6.85. The summed E-state index contributed by atoms with van der Waals surface area (Å²) < 4.78 is 29.5. The van der Waals surface area contributed by atoms with E-state index in [1.165, 1.54) is 12.1 Å². The molecule has 5 heteroatoms. The molecule has 1 heterocycles. The summed E-state index contributed by atoms with van der Waals surface area (Å²) in [5, 5.41) is 5.24. The Morgan fingerprint density at radius 2 is 2.05 bits per heavy atom. The summed E-state index contributed by atoms with van der Waals surface area (Å²) in [5.41, 5.74) is 0.615. The summed E-state index contributed by atoms with van der Waals surface area (Å²) in [6.45, 7) is 4.42. The predicted octanol–water partition coefficient (Wildman–Crippen LogP) is 5.38. The molecule has 21 heavy (non-hydrogen) atoms. The third-order valence-corrected chi connectivity index (χ3v) is 5.34. The van der Waals surface area contributed by atoms with Gasteiger partial charge in [0, 0.05) is 27.4 Å². The van der Waals surface area contributed by atoms with Gasteiger partial charge in [0.05, 0.1) is 0 Å². The molecule has 1 unspecified atom stereocenters. The van der Waals surface area contributed by atoms with Crippen molar-refractivity contribution in [3.63, 3.8) is 0 Å². The van der Waals surface area contributed by atoms with Crippen molar-refractivity contribution in [1.82, 2.24) is 5.32 Å². The average Bonchev–Trinajstić information content (AvgIpc) is 2.86. The molecule has 0 fully saturated rings. The lowest BCUT2D eigenvalue weighted by molar-refractivity contribution is 0.463. The van der Waals surface area contributed by atoms with Crippen LogP contribution in [0.4, 0.5) is 8.78 Å². The maximum absolute atomic E-state index is 14.4. The van der Waals surface area contributed by atoms with Crippen molar-refractivity contribution in [1.29, 1.82) is 0 Å². The topological polar surface area (TPSA) is 12.0 Å². The van der Waals surface area contributed by atoms with Gasteiger partial charge in [-0.2, -0.15) is 0 Å². The van der Waals surface area contributed by atoms with E-state index < -0.39 is 11.6 Å². The van der Waals surface area contributed by atoms with E-state index in [0.29, 0.717) is 12.0 Å². The van der Waals surface area contributed by atoms with Crippen LogP contribution in [0.25, 0.3) is 0 Å². The highest BCUT2D eigenvalue weighted by molar-refractivity contribution is 9.10. The van der Waals surface area contributed by atoms with E-state index in [1.807, 2.05) is 18.4 Å². The number of thiophene rings is 1. The van der Waals surface area contributed by atoms with E-state index in [2.05, 4.69) is 21.2 Å². The first kappa shape index (κ1) is 16.6. The molecule has 0 aliphatic heterocycles. The molecule has 0 amide bonds. The molecule has 0 aliphatic rings. The van der Waals surface area contributed by atoms with Crippen LogP contribution in [0.1, 0.15) is 35.4 Å². The molecular weight excluding hydrogens is 356 g/mol. The van der Waals surface area contributed by atoms with E-state index in [1.54, 1.807) is 18.3 Å². The van der Waals surface area contributed by atoms with Crippen molar-refractivity contribution in [3.05, 3.63) is 55.7 Å². The molecule has 0 aliphatic carbocycles. The van der Waals surface area contributed by atoms with Crippen LogP contribution in [0.15, 0.2) is 28.1 Å². The molecule has 0 saturated carbocycles. The molecule has 2 aromatic rings. The fraction of sp³-hybridized carbons (Fsp3) is 0.375. The predicted molar refractivity (Wildman–Crippen MR) is 87.9 cm³/mol. The lowest BCUT2D eigenvalue weighted by atomic mass is 9.99. The highest BCUT2D eigenvalue weighted by atomic mass is 79.9. The van der Waals surface area contributed by atoms with Crippen molar-refractivity contribution in [2.75, 3.05) is 6.54 Å². The van der Waals surface area contributed by atoms with Crippen molar-refractivity contribution in [3.8, 4) is 0 Å². The lowest BCUT2D eigenvalue weighted by Gasteiger charge is -2.21. The standard InChI is InChI=1S/C16H18BrF2NS/c1-3-7-20-13(9-14-11(17)6-8-21-14)15-12(18)5-4-10(2)16(15)19/h4-6,8,13,20H,3,7,9H2,1-2H3. The smallest absolute Gasteiger partial charge is 0.133 e. The first-order valence-electron chi connectivity index (χ1n) is 6.94. The van der Waals surface area contributed by atoms with Gasteiger partial charge in [-0.25, -0.2) is 8.78 Å². The summed E-state index contributed by atoms with van der Waals surface area (Å²) >= 11 is 5.07. The fourth-order valence-corrected chi connectivity index (χ4v) is 3.81. The molecule has 114 valence electrons. The first-order valence-corrected chi connectivity index (χ1v) is 8.61. The van der Waals surface area contributed by atoms with Crippen molar-refractivity contribution in [2.45, 2.75) is 32.7 Å². The van der Waals surface area contributed by atoms with Gasteiger partial charge in [0.15, 0.2) is 0 Å². The van der Waals surface area contributed by atoms with E-state index >= 15 is 0 Å². The molecule has 0 radical (unpaired) electrons. The monoisotopic (exact) mass is 373 g/mol. The third-order valence-electron chi connectivity index (χ3n) is 3.39. The lowest BCUT2D eigenvalue weighted by Crippen LogP contribution is -2.26. The molecule has 1 aromatic heterocycles. The Balaban J connectivity index is 2.36. The van der Waals surface area contributed by atoms with Crippen LogP contribution >= 0.6 is 27.3 Å². The van der Waals surface area contributed by atoms with Gasteiger partial charge in [-0.3, -0.25) is 0 Å². The van der Waals surface area contributed by atoms with Gasteiger partial charge < -0.3 is 5.32 Å². The largest absolute Gasteiger partial charge is 0.309 e. The number of aryl methyl sites for hydroxylation is 1. The highest BCUT2D eigenvalue weighted by Gasteiger charge is 2.22. The Hall–Kier alpha value is -0.780. The van der Waals surface area contributed by atoms with Gasteiger partial charge >= 0.3 is 0 Å². The molecule has 1 nitrogen and oxygen atoms in total. The van der Waals surface area contributed by atoms with E-state index in [-0.39, 0.29) is 11.6 Å². The normalized spacial score (nSPS) is 12.6. The van der Waals surface area contributed by atoms with Crippen molar-refractivity contribution in [2.24, 2.45) is 0 Å². The Morgan fingerprint density at radius 1 is 1.29 bits per heavy atom. The number of halogens is 3. The molecule has 0 spiro atoms. The number of rotatable bonds is 6. The maximum atomic E-state index is 14.4. The van der Waals surface area contributed by atoms with Crippen LogP contribution in [0.3, 0.4) is 0 Å². The minimum atomic E-state index is -0.487. The minimum absolute atomic E-state index is 0.142. The molecule has 1 atom stereocenters. The molecule has 0 bridgehead atoms. The average molecular weight is 374 g/mol. The van der Waals surface area contributed by atoms with Crippen LogP contribution in [-0.4, -0.2) is 6.54 Å². The first-order chi connectivity index (χ1) is 10.0. The van der Waals surface area contributed by atoms with Gasteiger partial charge in [-0.1, -0.05) is 13.0 Å². The molecular formula is C16H18BrF2NS. The van der Waals surface area contributed by atoms with Gasteiger partial charge in [-0.15, -0.1) is 11.3 Å². The quantitative estimate of drug-likeness (QED) is 0.716. The summed E-state index contributed by atoms with van der Waals surface area (Å²) in [5.74, 6) is -0.935. The number of hydrogen-bond donors (Lipinski definition) is 1. The van der Waals surface area contributed by atoms with Gasteiger partial charge in [-0.05, 0) is 58.9 Å². The zero-order chi connectivity index (χ0) is 15.4. The number of benzene rings is 1. The van der Waals surface area contributed by atoms with Gasteiger partial charge in [0.25, 0.3) is 0 Å². The summed E-state index contributed by atoms with van der Waals surface area (Å²) in [6, 6.07) is 4.42. The van der Waals surface area contributed by atoms with Crippen LogP contribution in [0.5, 0.6) is 0 Å². The van der Waals surface area contributed by atoms with Crippen molar-refractivity contribution < 1.29 is 8.78 Å². The second-order valence-electron chi connectivity index (χ2n) is 4.99. The highest BCUT2D eigenvalue weighted by Crippen LogP contribution is 2.31. The van der Waals surface area contributed by atoms with E-state index in [9.17, 15) is 8.78 Å². The Kier molecular flexibility index (Phi) is 5.90. The summed E-state index contributed by atoms with van der Waals surface area (Å²) in [4.78, 5) is 1.09.